The minimum atomic E-state index is -1.37. The van der Waals surface area contributed by atoms with E-state index in [1.807, 2.05) is 6.92 Å². The maximum absolute atomic E-state index is 13.9. The number of anilines is 1. The van der Waals surface area contributed by atoms with Gasteiger partial charge in [0.2, 0.25) is 18.6 Å². The van der Waals surface area contributed by atoms with Crippen molar-refractivity contribution in [1.29, 1.82) is 0 Å². The number of carbonyl (C=O) groups is 3. The Labute approximate surface area is 208 Å². The molecule has 0 aromatic heterocycles. The Bertz CT molecular complexity index is 1230. The molecular weight excluding hydrogens is 468 g/mol. The Morgan fingerprint density at radius 2 is 1.78 bits per heavy atom. The third-order valence-corrected chi connectivity index (χ3v) is 7.23. The van der Waals surface area contributed by atoms with Gasteiger partial charge in [0, 0.05) is 12.1 Å². The predicted octanol–water partition coefficient (Wildman–Crippen LogP) is 2.59. The highest BCUT2D eigenvalue weighted by Crippen LogP contribution is 2.52. The largest absolute Gasteiger partial charge is 0.493 e. The number of rotatable bonds is 7. The van der Waals surface area contributed by atoms with Gasteiger partial charge in [-0.05, 0) is 36.2 Å². The van der Waals surface area contributed by atoms with Crippen LogP contribution in [0, 0.1) is 11.8 Å². The van der Waals surface area contributed by atoms with Crippen molar-refractivity contribution in [2.24, 2.45) is 11.8 Å². The summed E-state index contributed by atoms with van der Waals surface area (Å²) < 4.78 is 26.8. The molecule has 0 bridgehead atoms. The molecule has 3 aliphatic rings. The molecule has 0 unspecified atom stereocenters. The number of nitrogens with one attached hydrogen (secondary N) is 1. The summed E-state index contributed by atoms with van der Waals surface area (Å²) in [6, 6.07) is 9.57. The molecular formula is C26H28N2O8. The molecule has 0 radical (unpaired) electrons. The van der Waals surface area contributed by atoms with E-state index in [0.717, 1.165) is 4.90 Å². The van der Waals surface area contributed by atoms with Crippen molar-refractivity contribution in [2.45, 2.75) is 31.3 Å². The van der Waals surface area contributed by atoms with Gasteiger partial charge in [-0.15, -0.1) is 0 Å². The third-order valence-electron chi connectivity index (χ3n) is 7.23. The molecule has 0 saturated carbocycles. The standard InChI is InChI=1S/C26H28N2O8/c1-5-10-26(25(31)34-4)21-20(22(27-26)14-6-8-16(32-2)18(11-14)33-3)23(29)28(24(21)30)15-7-9-17-19(12-15)36-13-35-17/h6-9,11-12,20-22,27H,5,10,13H2,1-4H3/t20-,21+,22-,26+/m0/s1. The molecule has 2 aromatic carbocycles. The molecule has 2 aromatic rings. The quantitative estimate of drug-likeness (QED) is 0.457. The summed E-state index contributed by atoms with van der Waals surface area (Å²) in [6.45, 7) is 1.99. The Hall–Kier alpha value is -3.79. The monoisotopic (exact) mass is 496 g/mol. The van der Waals surface area contributed by atoms with Crippen LogP contribution in [0.3, 0.4) is 0 Å². The lowest BCUT2D eigenvalue weighted by molar-refractivity contribution is -0.152. The van der Waals surface area contributed by atoms with Gasteiger partial charge in [-0.2, -0.15) is 0 Å². The van der Waals surface area contributed by atoms with Gasteiger partial charge in [0.05, 0.1) is 38.9 Å². The maximum Gasteiger partial charge on any atom is 0.326 e. The first-order valence-corrected chi connectivity index (χ1v) is 11.8. The molecule has 3 heterocycles. The van der Waals surface area contributed by atoms with Gasteiger partial charge < -0.3 is 23.7 Å². The van der Waals surface area contributed by atoms with Crippen molar-refractivity contribution in [1.82, 2.24) is 5.32 Å². The van der Waals surface area contributed by atoms with Crippen LogP contribution in [0.5, 0.6) is 23.0 Å². The number of hydrogen-bond acceptors (Lipinski definition) is 9. The first kappa shape index (κ1) is 23.9. The molecule has 190 valence electrons. The molecule has 10 nitrogen and oxygen atoms in total. The van der Waals surface area contributed by atoms with Crippen molar-refractivity contribution in [3.63, 3.8) is 0 Å². The highest BCUT2D eigenvalue weighted by Gasteiger charge is 2.68. The van der Waals surface area contributed by atoms with Crippen molar-refractivity contribution in [2.75, 3.05) is 33.0 Å². The van der Waals surface area contributed by atoms with Crippen LogP contribution in [0.25, 0.3) is 0 Å². The summed E-state index contributed by atoms with van der Waals surface area (Å²) in [5.41, 5.74) is -0.313. The van der Waals surface area contributed by atoms with Crippen LogP contribution in [0.2, 0.25) is 0 Å². The molecule has 36 heavy (non-hydrogen) atoms. The van der Waals surface area contributed by atoms with Gasteiger partial charge in [-0.1, -0.05) is 19.4 Å². The number of esters is 1. The fraction of sp³-hybridized carbons (Fsp3) is 0.423. The molecule has 1 N–H and O–H groups in total. The smallest absolute Gasteiger partial charge is 0.326 e. The number of amides is 2. The van der Waals surface area contributed by atoms with Crippen LogP contribution in [-0.4, -0.2) is 51.4 Å². The molecule has 4 atom stereocenters. The van der Waals surface area contributed by atoms with Crippen LogP contribution in [0.15, 0.2) is 36.4 Å². The van der Waals surface area contributed by atoms with E-state index in [4.69, 9.17) is 23.7 Å². The van der Waals surface area contributed by atoms with Crippen molar-refractivity contribution < 1.29 is 38.1 Å². The van der Waals surface area contributed by atoms with Gasteiger partial charge in [0.1, 0.15) is 5.54 Å². The van der Waals surface area contributed by atoms with Gasteiger partial charge in [0.15, 0.2) is 23.0 Å². The van der Waals surface area contributed by atoms with Gasteiger partial charge in [-0.25, -0.2) is 4.90 Å². The zero-order valence-electron chi connectivity index (χ0n) is 20.5. The van der Waals surface area contributed by atoms with Crippen molar-refractivity contribution >= 4 is 23.5 Å². The first-order chi connectivity index (χ1) is 17.4. The fourth-order valence-corrected chi connectivity index (χ4v) is 5.71. The lowest BCUT2D eigenvalue weighted by Crippen LogP contribution is -2.56. The van der Waals surface area contributed by atoms with E-state index in [1.165, 1.54) is 21.3 Å². The number of methoxy groups -OCH3 is 3. The number of benzene rings is 2. The van der Waals surface area contributed by atoms with E-state index in [0.29, 0.717) is 47.1 Å². The van der Waals surface area contributed by atoms with Crippen LogP contribution < -0.4 is 29.2 Å². The molecule has 5 rings (SSSR count). The van der Waals surface area contributed by atoms with Crippen LogP contribution >= 0.6 is 0 Å². The summed E-state index contributed by atoms with van der Waals surface area (Å²) in [5.74, 6) is -1.24. The Kier molecular flexibility index (Phi) is 5.99. The molecule has 10 heteroatoms. The minimum absolute atomic E-state index is 0.0686. The topological polar surface area (TPSA) is 113 Å². The molecule has 2 saturated heterocycles. The second kappa shape index (κ2) is 9.02. The van der Waals surface area contributed by atoms with Crippen LogP contribution in [-0.2, 0) is 19.1 Å². The van der Waals surface area contributed by atoms with E-state index in [1.54, 1.807) is 36.4 Å². The lowest BCUT2D eigenvalue weighted by Gasteiger charge is -2.32. The fourth-order valence-electron chi connectivity index (χ4n) is 5.71. The summed E-state index contributed by atoms with van der Waals surface area (Å²) >= 11 is 0. The van der Waals surface area contributed by atoms with E-state index >= 15 is 0 Å². The number of hydrogen-bond donors (Lipinski definition) is 1. The van der Waals surface area contributed by atoms with Crippen molar-refractivity contribution in [3.8, 4) is 23.0 Å². The molecule has 0 aliphatic carbocycles. The highest BCUT2D eigenvalue weighted by atomic mass is 16.7. The average molecular weight is 497 g/mol. The molecule has 3 aliphatic heterocycles. The zero-order valence-corrected chi connectivity index (χ0v) is 20.5. The molecule has 2 amide bonds. The van der Waals surface area contributed by atoms with E-state index < -0.39 is 41.2 Å². The molecule has 0 spiro atoms. The zero-order chi connectivity index (χ0) is 25.6. The normalized spacial score (nSPS) is 26.2. The average Bonchev–Trinajstić information content (AvgIpc) is 3.57. The second-order valence-electron chi connectivity index (χ2n) is 9.00. The van der Waals surface area contributed by atoms with Gasteiger partial charge in [0.25, 0.3) is 0 Å². The first-order valence-electron chi connectivity index (χ1n) is 11.8. The molecule has 2 fully saturated rings. The maximum atomic E-state index is 13.9. The SMILES string of the molecule is CCC[C@@]1(C(=O)OC)N[C@@H](c2ccc(OC)c(OC)c2)[C@H]2C(=O)N(c3ccc4c(c3)OCO4)C(=O)[C@@H]21. The number of imide groups is 1. The number of nitrogens with zero attached hydrogens (tertiary/aromatic N) is 1. The summed E-state index contributed by atoms with van der Waals surface area (Å²) in [6.07, 6.45) is 0.911. The number of carbonyl (C=O) groups excluding carboxylic acids is 3. The predicted molar refractivity (Wildman–Crippen MR) is 127 cm³/mol. The van der Waals surface area contributed by atoms with E-state index in [2.05, 4.69) is 5.32 Å². The van der Waals surface area contributed by atoms with E-state index in [9.17, 15) is 14.4 Å². The van der Waals surface area contributed by atoms with E-state index in [-0.39, 0.29) is 6.79 Å². The lowest BCUT2D eigenvalue weighted by atomic mass is 9.77. The number of fused-ring (bicyclic) bond motifs is 2. The van der Waals surface area contributed by atoms with Crippen LogP contribution in [0.4, 0.5) is 5.69 Å². The Balaban J connectivity index is 1.63. The summed E-state index contributed by atoms with van der Waals surface area (Å²) in [7, 11) is 4.35. The number of ether oxygens (including phenoxy) is 5. The van der Waals surface area contributed by atoms with Crippen LogP contribution in [0.1, 0.15) is 31.4 Å². The Morgan fingerprint density at radius 3 is 2.47 bits per heavy atom. The minimum Gasteiger partial charge on any atom is -0.493 e. The highest BCUT2D eigenvalue weighted by molar-refractivity contribution is 6.24. The van der Waals surface area contributed by atoms with Gasteiger partial charge in [-0.3, -0.25) is 19.7 Å². The van der Waals surface area contributed by atoms with Crippen molar-refractivity contribution in [3.05, 3.63) is 42.0 Å². The second-order valence-corrected chi connectivity index (χ2v) is 9.00. The third kappa shape index (κ3) is 3.39. The summed E-state index contributed by atoms with van der Waals surface area (Å²) in [4.78, 5) is 42.3. The van der Waals surface area contributed by atoms with Gasteiger partial charge >= 0.3 is 5.97 Å². The Morgan fingerprint density at radius 1 is 1.03 bits per heavy atom. The summed E-state index contributed by atoms with van der Waals surface area (Å²) in [5, 5.41) is 3.35.